The minimum Gasteiger partial charge on any atom is -0.456 e. The summed E-state index contributed by atoms with van der Waals surface area (Å²) in [5.74, 6) is -0.582. The summed E-state index contributed by atoms with van der Waals surface area (Å²) in [4.78, 5) is 37.6. The molecule has 0 aliphatic carbocycles. The number of carbonyl (C=O) groups excluding carboxylic acids is 2. The lowest BCUT2D eigenvalue weighted by molar-refractivity contribution is -0.870. The van der Waals surface area contributed by atoms with Crippen LogP contribution in [0.2, 0.25) is 0 Å². The van der Waals surface area contributed by atoms with Gasteiger partial charge in [0.2, 0.25) is 5.91 Å². The highest BCUT2D eigenvalue weighted by molar-refractivity contribution is 7.47. The molecule has 0 aromatic rings. The number of rotatable bonds is 54. The molecule has 3 unspecified atom stereocenters. The molecule has 0 radical (unpaired) electrons. The van der Waals surface area contributed by atoms with Gasteiger partial charge in [0.25, 0.3) is 0 Å². The second-order valence-electron chi connectivity index (χ2n) is 21.5. The minimum atomic E-state index is -4.46. The van der Waals surface area contributed by atoms with Gasteiger partial charge in [0.1, 0.15) is 19.3 Å². The van der Waals surface area contributed by atoms with E-state index < -0.39 is 25.9 Å². The molecule has 1 amide bonds. The number of unbranched alkanes of at least 4 members (excludes halogenated alkanes) is 30. The van der Waals surface area contributed by atoms with Gasteiger partial charge in [0.05, 0.1) is 33.8 Å². The number of ether oxygens (including phenoxy) is 1. The van der Waals surface area contributed by atoms with Crippen molar-refractivity contribution in [3.63, 3.8) is 0 Å². The molecule has 9 nitrogen and oxygen atoms in total. The van der Waals surface area contributed by atoms with Gasteiger partial charge < -0.3 is 19.4 Å². The Kier molecular flexibility index (Phi) is 50.5. The summed E-state index contributed by atoms with van der Waals surface area (Å²) in [6.45, 7) is 6.95. The number of carbonyl (C=O) groups is 2. The summed E-state index contributed by atoms with van der Waals surface area (Å²) < 4.78 is 30.6. The molecule has 0 aliphatic heterocycles. The Morgan fingerprint density at radius 3 is 1.31 bits per heavy atom. The van der Waals surface area contributed by atoms with E-state index in [1.165, 1.54) is 173 Å². The van der Waals surface area contributed by atoms with Crippen LogP contribution in [0.1, 0.15) is 271 Å². The van der Waals surface area contributed by atoms with Gasteiger partial charge in [-0.3, -0.25) is 18.6 Å². The molecule has 0 aromatic heterocycles. The van der Waals surface area contributed by atoms with Crippen LogP contribution in [0.15, 0.2) is 60.8 Å². The van der Waals surface area contributed by atoms with E-state index in [1.54, 1.807) is 0 Å². The van der Waals surface area contributed by atoms with Gasteiger partial charge in [-0.05, 0) is 83.1 Å². The number of phosphoric ester groups is 1. The number of hydrogen-bond acceptors (Lipinski definition) is 6. The van der Waals surface area contributed by atoms with E-state index in [4.69, 9.17) is 13.8 Å². The summed E-state index contributed by atoms with van der Waals surface area (Å²) in [6.07, 6.45) is 65.2. The summed E-state index contributed by atoms with van der Waals surface area (Å²) in [7, 11) is 1.47. The van der Waals surface area contributed by atoms with E-state index in [9.17, 15) is 19.0 Å². The maximum Gasteiger partial charge on any atom is 0.472 e. The molecular formula is C62H116N2O7P+. The number of phosphoric acid groups is 1. The van der Waals surface area contributed by atoms with Crippen molar-refractivity contribution < 1.29 is 37.3 Å². The van der Waals surface area contributed by atoms with Crippen molar-refractivity contribution in [3.05, 3.63) is 60.8 Å². The second-order valence-corrected chi connectivity index (χ2v) is 23.0. The van der Waals surface area contributed by atoms with E-state index in [2.05, 4.69) is 68.6 Å². The number of nitrogens with one attached hydrogen (secondary N) is 1. The van der Waals surface area contributed by atoms with Gasteiger partial charge in [-0.15, -0.1) is 0 Å². The quantitative estimate of drug-likeness (QED) is 0.0205. The SMILES string of the molecule is CCCCC/C=C\C/C=C\CCCCCCCCCCCCCC(=O)NC(COP(=O)(O)OCC[N+](C)(C)C)C(/C=C\CCCCCCCCCCCC)OC(=O)CC/C=C/C/C=C\CCCCCCCC. The molecule has 0 saturated heterocycles. The number of hydrogen-bond donors (Lipinski definition) is 2. The van der Waals surface area contributed by atoms with Crippen molar-refractivity contribution in [2.75, 3.05) is 40.9 Å². The molecule has 0 spiro atoms. The highest BCUT2D eigenvalue weighted by atomic mass is 31.2. The first-order chi connectivity index (χ1) is 34.9. The molecule has 72 heavy (non-hydrogen) atoms. The maximum absolute atomic E-state index is 13.5. The van der Waals surface area contributed by atoms with Gasteiger partial charge >= 0.3 is 13.8 Å². The van der Waals surface area contributed by atoms with E-state index in [0.29, 0.717) is 23.9 Å². The van der Waals surface area contributed by atoms with Crippen molar-refractivity contribution >= 4 is 19.7 Å². The molecule has 0 saturated carbocycles. The third-order valence-corrected chi connectivity index (χ3v) is 14.2. The molecule has 0 aromatic carbocycles. The average molecular weight is 1030 g/mol. The molecule has 0 bridgehead atoms. The Bertz CT molecular complexity index is 1420. The van der Waals surface area contributed by atoms with E-state index >= 15 is 0 Å². The largest absolute Gasteiger partial charge is 0.472 e. The molecule has 0 heterocycles. The second kappa shape index (κ2) is 52.2. The minimum absolute atomic E-state index is 0.0316. The van der Waals surface area contributed by atoms with Crippen molar-refractivity contribution in [1.82, 2.24) is 5.32 Å². The molecule has 0 aliphatic rings. The average Bonchev–Trinajstić information content (AvgIpc) is 3.34. The lowest BCUT2D eigenvalue weighted by Crippen LogP contribution is -2.47. The molecule has 3 atom stereocenters. The Morgan fingerprint density at radius 2 is 0.861 bits per heavy atom. The fourth-order valence-electron chi connectivity index (χ4n) is 8.49. The zero-order valence-electron chi connectivity index (χ0n) is 47.9. The highest BCUT2D eigenvalue weighted by Crippen LogP contribution is 2.43. The van der Waals surface area contributed by atoms with Crippen LogP contribution in [0, 0.1) is 0 Å². The van der Waals surface area contributed by atoms with E-state index in [-0.39, 0.29) is 25.5 Å². The first-order valence-corrected chi connectivity index (χ1v) is 31.6. The Balaban J connectivity index is 5.28. The van der Waals surface area contributed by atoms with Crippen LogP contribution in [0.25, 0.3) is 0 Å². The lowest BCUT2D eigenvalue weighted by atomic mass is 10.0. The number of amides is 1. The number of quaternary nitrogens is 1. The summed E-state index contributed by atoms with van der Waals surface area (Å²) in [5.41, 5.74) is 0. The predicted octanol–water partition coefficient (Wildman–Crippen LogP) is 18.3. The number of nitrogens with zero attached hydrogens (tertiary/aromatic N) is 1. The monoisotopic (exact) mass is 1030 g/mol. The van der Waals surface area contributed by atoms with Gasteiger partial charge in [0, 0.05) is 12.8 Å². The van der Waals surface area contributed by atoms with Gasteiger partial charge in [-0.2, -0.15) is 0 Å². The molecule has 0 fully saturated rings. The standard InChI is InChI=1S/C62H115N2O7P/c1-7-10-13-16-19-22-25-28-29-30-31-32-33-34-35-37-39-42-45-48-51-54-61(65)63-59(58-70-72(67,68)69-57-56-64(4,5)6)60(53-50-47-44-41-38-27-24-21-18-15-12-9-3)71-62(66)55-52-49-46-43-40-36-26-23-20-17-14-11-8-2/h19,22,28-29,36,40,46,49-50,53,59-60H,7-18,20-21,23-27,30-35,37-39,41-45,47-48,51-52,54-58H2,1-6H3,(H-,63,65,67,68)/p+1/b22-19-,29-28-,40-36-,49-46+,53-50-. The smallest absolute Gasteiger partial charge is 0.456 e. The first kappa shape index (κ1) is 69.7. The van der Waals surface area contributed by atoms with Gasteiger partial charge in [0.15, 0.2) is 0 Å². The van der Waals surface area contributed by atoms with E-state index in [0.717, 1.165) is 57.8 Å². The molecule has 420 valence electrons. The zero-order chi connectivity index (χ0) is 52.9. The lowest BCUT2D eigenvalue weighted by Gasteiger charge is -2.27. The summed E-state index contributed by atoms with van der Waals surface area (Å²) in [6, 6.07) is -0.871. The van der Waals surface area contributed by atoms with Crippen LogP contribution < -0.4 is 5.32 Å². The van der Waals surface area contributed by atoms with Crippen LogP contribution in [0.3, 0.4) is 0 Å². The topological polar surface area (TPSA) is 111 Å². The van der Waals surface area contributed by atoms with E-state index in [1.807, 2.05) is 39.4 Å². The number of likely N-dealkylation sites (N-methyl/N-ethyl adjacent to an activating group) is 1. The molecule has 10 heteroatoms. The van der Waals surface area contributed by atoms with Crippen molar-refractivity contribution in [2.45, 2.75) is 283 Å². The van der Waals surface area contributed by atoms with Crippen LogP contribution in [0.4, 0.5) is 0 Å². The van der Waals surface area contributed by atoms with Gasteiger partial charge in [-0.1, -0.05) is 236 Å². The fraction of sp³-hybridized carbons (Fsp3) is 0.806. The Hall–Kier alpha value is -2.29. The fourth-order valence-corrected chi connectivity index (χ4v) is 9.23. The Labute approximate surface area is 445 Å². The molecule has 0 rings (SSSR count). The third-order valence-electron chi connectivity index (χ3n) is 13.2. The summed E-state index contributed by atoms with van der Waals surface area (Å²) >= 11 is 0. The first-order valence-electron chi connectivity index (χ1n) is 30.1. The Morgan fingerprint density at radius 1 is 0.486 bits per heavy atom. The zero-order valence-corrected chi connectivity index (χ0v) is 48.8. The normalized spacial score (nSPS) is 14.2. The van der Waals surface area contributed by atoms with Crippen LogP contribution in [0.5, 0.6) is 0 Å². The van der Waals surface area contributed by atoms with Crippen molar-refractivity contribution in [2.24, 2.45) is 0 Å². The van der Waals surface area contributed by atoms with Crippen LogP contribution in [-0.2, 0) is 27.9 Å². The van der Waals surface area contributed by atoms with Crippen LogP contribution >= 0.6 is 7.82 Å². The van der Waals surface area contributed by atoms with Crippen molar-refractivity contribution in [3.8, 4) is 0 Å². The molecular weight excluding hydrogens is 916 g/mol. The highest BCUT2D eigenvalue weighted by Gasteiger charge is 2.30. The van der Waals surface area contributed by atoms with Crippen LogP contribution in [-0.4, -0.2) is 74.3 Å². The number of esters is 1. The van der Waals surface area contributed by atoms with Crippen molar-refractivity contribution in [1.29, 1.82) is 0 Å². The summed E-state index contributed by atoms with van der Waals surface area (Å²) in [5, 5.41) is 3.04. The predicted molar refractivity (Wildman–Crippen MR) is 309 cm³/mol. The van der Waals surface area contributed by atoms with Gasteiger partial charge in [-0.25, -0.2) is 4.57 Å². The molecule has 2 N–H and O–H groups in total. The maximum atomic E-state index is 13.5. The number of allylic oxidation sites excluding steroid dienone is 9. The third kappa shape index (κ3) is 52.6.